The molecule has 1 atom stereocenters. The molecule has 0 radical (unpaired) electrons. The number of unbranched alkanes of at least 4 members (excludes halogenated alkanes) is 9. The maximum absolute atomic E-state index is 10.6. The summed E-state index contributed by atoms with van der Waals surface area (Å²) >= 11 is -1.08. The van der Waals surface area contributed by atoms with Crippen molar-refractivity contribution >= 4 is 11.1 Å². The van der Waals surface area contributed by atoms with Crippen molar-refractivity contribution in [2.75, 3.05) is 12.9 Å². The predicted octanol–water partition coefficient (Wildman–Crippen LogP) is 4.22. The van der Waals surface area contributed by atoms with Crippen LogP contribution in [-0.2, 0) is 15.3 Å². The van der Waals surface area contributed by atoms with Gasteiger partial charge in [0.15, 0.2) is 11.1 Å². The third kappa shape index (κ3) is 14.1. The minimum absolute atomic E-state index is 0.652. The van der Waals surface area contributed by atoms with Gasteiger partial charge < -0.3 is 0 Å². The molecule has 0 N–H and O–H groups in total. The van der Waals surface area contributed by atoms with Crippen molar-refractivity contribution in [1.82, 2.24) is 0 Å². The minimum Gasteiger partial charge on any atom is -0.291 e. The van der Waals surface area contributed by atoms with E-state index in [2.05, 4.69) is 6.92 Å². The summed E-state index contributed by atoms with van der Waals surface area (Å²) in [7, 11) is 0. The Bertz CT molecular complexity index is 160. The molecule has 0 saturated heterocycles. The fraction of sp³-hybridized carbons (Fsp3) is 1.00. The van der Waals surface area contributed by atoms with Crippen LogP contribution >= 0.6 is 0 Å². The van der Waals surface area contributed by atoms with Crippen molar-refractivity contribution in [3.63, 3.8) is 0 Å². The number of hydrogen-bond acceptors (Lipinski definition) is 2. The highest BCUT2D eigenvalue weighted by atomic mass is 32.2. The molecule has 0 rings (SSSR count). The zero-order valence-electron chi connectivity index (χ0n) is 11.0. The summed E-state index contributed by atoms with van der Waals surface area (Å²) in [5.41, 5.74) is 0. The molecule has 2 nitrogen and oxygen atoms in total. The molecule has 0 aromatic heterocycles. The Labute approximate surface area is 104 Å². The molecule has 98 valence electrons. The van der Waals surface area contributed by atoms with E-state index in [1.54, 1.807) is 6.26 Å². The van der Waals surface area contributed by atoms with Crippen molar-refractivity contribution in [2.45, 2.75) is 71.1 Å². The van der Waals surface area contributed by atoms with Gasteiger partial charge in [0.05, 0.1) is 6.61 Å². The van der Waals surface area contributed by atoms with Gasteiger partial charge in [-0.25, -0.2) is 4.21 Å². The van der Waals surface area contributed by atoms with Crippen LogP contribution in [0, 0.1) is 0 Å². The highest BCUT2D eigenvalue weighted by molar-refractivity contribution is 7.79. The van der Waals surface area contributed by atoms with Crippen LogP contribution in [0.4, 0.5) is 0 Å². The normalized spacial score (nSPS) is 12.9. The molecule has 0 aromatic carbocycles. The summed E-state index contributed by atoms with van der Waals surface area (Å²) in [6.07, 6.45) is 14.8. The lowest BCUT2D eigenvalue weighted by Gasteiger charge is -2.02. The van der Waals surface area contributed by atoms with Gasteiger partial charge in [0.2, 0.25) is 0 Å². The molecule has 0 aliphatic carbocycles. The Morgan fingerprint density at radius 3 is 1.69 bits per heavy atom. The van der Waals surface area contributed by atoms with Crippen LogP contribution in [-0.4, -0.2) is 17.1 Å². The first-order valence-electron chi connectivity index (χ1n) is 6.74. The molecular formula is C13H28O2S. The van der Waals surface area contributed by atoms with Crippen molar-refractivity contribution < 1.29 is 8.39 Å². The second kappa shape index (κ2) is 13.2. The van der Waals surface area contributed by atoms with Gasteiger partial charge in [-0.05, 0) is 6.42 Å². The molecule has 0 aromatic rings. The Morgan fingerprint density at radius 1 is 0.812 bits per heavy atom. The lowest BCUT2D eigenvalue weighted by molar-refractivity contribution is 0.334. The van der Waals surface area contributed by atoms with Gasteiger partial charge in [-0.15, -0.1) is 0 Å². The maximum atomic E-state index is 10.6. The molecular weight excluding hydrogens is 220 g/mol. The summed E-state index contributed by atoms with van der Waals surface area (Å²) in [5, 5.41) is 0. The van der Waals surface area contributed by atoms with Crippen LogP contribution in [0.25, 0.3) is 0 Å². The topological polar surface area (TPSA) is 26.3 Å². The molecule has 0 aliphatic heterocycles. The molecule has 0 amide bonds. The molecule has 3 heteroatoms. The van der Waals surface area contributed by atoms with Crippen LogP contribution in [0.1, 0.15) is 71.1 Å². The van der Waals surface area contributed by atoms with Crippen molar-refractivity contribution in [1.29, 1.82) is 0 Å². The molecule has 0 spiro atoms. The second-order valence-corrected chi connectivity index (χ2v) is 5.44. The number of hydrogen-bond donors (Lipinski definition) is 0. The lowest BCUT2D eigenvalue weighted by Crippen LogP contribution is -1.96. The average molecular weight is 248 g/mol. The van der Waals surface area contributed by atoms with E-state index in [-0.39, 0.29) is 0 Å². The lowest BCUT2D eigenvalue weighted by atomic mass is 10.1. The van der Waals surface area contributed by atoms with Gasteiger partial charge in [-0.2, -0.15) is 0 Å². The summed E-state index contributed by atoms with van der Waals surface area (Å²) in [4.78, 5) is 0. The van der Waals surface area contributed by atoms with Crippen molar-refractivity contribution in [3.05, 3.63) is 0 Å². The highest BCUT2D eigenvalue weighted by Gasteiger charge is 1.94. The van der Waals surface area contributed by atoms with Gasteiger partial charge in [0, 0.05) is 6.26 Å². The molecule has 0 bridgehead atoms. The van der Waals surface area contributed by atoms with Crippen LogP contribution < -0.4 is 0 Å². The summed E-state index contributed by atoms with van der Waals surface area (Å²) in [6, 6.07) is 0. The van der Waals surface area contributed by atoms with E-state index in [1.165, 1.54) is 57.8 Å². The molecule has 16 heavy (non-hydrogen) atoms. The van der Waals surface area contributed by atoms with Crippen LogP contribution in [0.3, 0.4) is 0 Å². The van der Waals surface area contributed by atoms with Crippen LogP contribution in [0.5, 0.6) is 0 Å². The molecule has 0 fully saturated rings. The van der Waals surface area contributed by atoms with E-state index in [9.17, 15) is 4.21 Å². The SMILES string of the molecule is CCCCCCCCCCCCOS(C)=O. The predicted molar refractivity (Wildman–Crippen MR) is 71.9 cm³/mol. The van der Waals surface area contributed by atoms with E-state index < -0.39 is 11.1 Å². The first-order valence-corrected chi connectivity index (χ1v) is 8.22. The third-order valence-corrected chi connectivity index (χ3v) is 3.25. The highest BCUT2D eigenvalue weighted by Crippen LogP contribution is 2.10. The fourth-order valence-electron chi connectivity index (χ4n) is 1.77. The van der Waals surface area contributed by atoms with E-state index in [0.717, 1.165) is 6.42 Å². The van der Waals surface area contributed by atoms with Gasteiger partial charge in [-0.3, -0.25) is 4.18 Å². The molecule has 0 saturated carbocycles. The first kappa shape index (κ1) is 16.1. The zero-order valence-corrected chi connectivity index (χ0v) is 11.8. The van der Waals surface area contributed by atoms with Gasteiger partial charge in [0.1, 0.15) is 0 Å². The Balaban J connectivity index is 2.90. The summed E-state index contributed by atoms with van der Waals surface area (Å²) < 4.78 is 15.6. The van der Waals surface area contributed by atoms with Crippen LogP contribution in [0.15, 0.2) is 0 Å². The molecule has 0 heterocycles. The van der Waals surface area contributed by atoms with Gasteiger partial charge in [-0.1, -0.05) is 64.7 Å². The van der Waals surface area contributed by atoms with E-state index >= 15 is 0 Å². The summed E-state index contributed by atoms with van der Waals surface area (Å²) in [5.74, 6) is 0. The third-order valence-electron chi connectivity index (χ3n) is 2.75. The van der Waals surface area contributed by atoms with E-state index in [4.69, 9.17) is 4.18 Å². The Hall–Kier alpha value is 0.110. The monoisotopic (exact) mass is 248 g/mol. The van der Waals surface area contributed by atoms with E-state index in [1.807, 2.05) is 0 Å². The van der Waals surface area contributed by atoms with Gasteiger partial charge in [0.25, 0.3) is 0 Å². The van der Waals surface area contributed by atoms with Crippen LogP contribution in [0.2, 0.25) is 0 Å². The van der Waals surface area contributed by atoms with E-state index in [0.29, 0.717) is 6.61 Å². The van der Waals surface area contributed by atoms with Gasteiger partial charge >= 0.3 is 0 Å². The summed E-state index contributed by atoms with van der Waals surface area (Å²) in [6.45, 7) is 2.91. The maximum Gasteiger partial charge on any atom is 0.152 e. The van der Waals surface area contributed by atoms with Crippen molar-refractivity contribution in [3.8, 4) is 0 Å². The Kier molecular flexibility index (Phi) is 13.3. The Morgan fingerprint density at radius 2 is 1.25 bits per heavy atom. The first-order chi connectivity index (χ1) is 7.77. The minimum atomic E-state index is -1.08. The molecule has 1 unspecified atom stereocenters. The van der Waals surface area contributed by atoms with Crippen molar-refractivity contribution in [2.24, 2.45) is 0 Å². The average Bonchev–Trinajstić information content (AvgIpc) is 2.25. The standard InChI is InChI=1S/C13H28O2S/c1-3-4-5-6-7-8-9-10-11-12-13-15-16(2)14/h3-13H2,1-2H3. The largest absolute Gasteiger partial charge is 0.291 e. The molecule has 0 aliphatic rings. The zero-order chi connectivity index (χ0) is 12.1. The smallest absolute Gasteiger partial charge is 0.152 e. The quantitative estimate of drug-likeness (QED) is 0.483. The number of rotatable bonds is 12. The second-order valence-electron chi connectivity index (χ2n) is 4.41. The fourth-order valence-corrected chi connectivity index (χ4v) is 2.12.